The SMILES string of the molecule is CCOC(=O)C1CCCN(C(=NCC(=O)N(C)C)NCCc2ccc(OC)cc2)C1. The molecule has 30 heavy (non-hydrogen) atoms. The molecule has 0 saturated carbocycles. The van der Waals surface area contributed by atoms with Crippen LogP contribution < -0.4 is 10.1 Å². The fraction of sp³-hybridized carbons (Fsp3) is 0.591. The minimum atomic E-state index is -0.170. The van der Waals surface area contributed by atoms with E-state index in [1.165, 1.54) is 10.5 Å². The van der Waals surface area contributed by atoms with Crippen molar-refractivity contribution in [1.29, 1.82) is 0 Å². The number of guanidine groups is 1. The highest BCUT2D eigenvalue weighted by Crippen LogP contribution is 2.18. The Morgan fingerprint density at radius 1 is 1.27 bits per heavy atom. The number of amides is 1. The minimum absolute atomic E-state index is 0.0663. The van der Waals surface area contributed by atoms with Gasteiger partial charge in [0.2, 0.25) is 5.91 Å². The molecule has 1 fully saturated rings. The van der Waals surface area contributed by atoms with Gasteiger partial charge in [-0.15, -0.1) is 0 Å². The molecule has 2 rings (SSSR count). The Hall–Kier alpha value is -2.77. The number of nitrogens with zero attached hydrogens (tertiary/aromatic N) is 3. The lowest BCUT2D eigenvalue weighted by Gasteiger charge is -2.34. The van der Waals surface area contributed by atoms with Crippen molar-refractivity contribution in [3.8, 4) is 5.75 Å². The quantitative estimate of drug-likeness (QED) is 0.392. The van der Waals surface area contributed by atoms with E-state index in [0.29, 0.717) is 25.7 Å². The van der Waals surface area contributed by atoms with Gasteiger partial charge in [-0.3, -0.25) is 9.59 Å². The number of likely N-dealkylation sites (N-methyl/N-ethyl adjacent to an activating group) is 1. The summed E-state index contributed by atoms with van der Waals surface area (Å²) in [5, 5.41) is 3.37. The third-order valence-corrected chi connectivity index (χ3v) is 5.06. The number of esters is 1. The maximum Gasteiger partial charge on any atom is 0.310 e. The molecule has 8 nitrogen and oxygen atoms in total. The first-order valence-electron chi connectivity index (χ1n) is 10.5. The van der Waals surface area contributed by atoms with Gasteiger partial charge >= 0.3 is 5.97 Å². The molecular formula is C22H34N4O4. The van der Waals surface area contributed by atoms with E-state index in [0.717, 1.165) is 31.6 Å². The first kappa shape index (κ1) is 23.5. The number of piperidine rings is 1. The van der Waals surface area contributed by atoms with Gasteiger partial charge in [0.15, 0.2) is 5.96 Å². The molecule has 0 spiro atoms. The molecule has 1 heterocycles. The zero-order valence-electron chi connectivity index (χ0n) is 18.5. The largest absolute Gasteiger partial charge is 0.497 e. The third-order valence-electron chi connectivity index (χ3n) is 5.06. The zero-order chi connectivity index (χ0) is 21.9. The Morgan fingerprint density at radius 2 is 2.00 bits per heavy atom. The van der Waals surface area contributed by atoms with E-state index in [2.05, 4.69) is 15.2 Å². The molecule has 1 atom stereocenters. The van der Waals surface area contributed by atoms with Crippen LogP contribution in [-0.4, -0.2) is 81.6 Å². The molecule has 1 N–H and O–H groups in total. The molecule has 1 amide bonds. The summed E-state index contributed by atoms with van der Waals surface area (Å²) in [6.45, 7) is 4.27. The number of nitrogens with one attached hydrogen (secondary N) is 1. The van der Waals surface area contributed by atoms with E-state index >= 15 is 0 Å². The number of ether oxygens (including phenoxy) is 2. The molecule has 0 radical (unpaired) electrons. The lowest BCUT2D eigenvalue weighted by atomic mass is 9.98. The first-order chi connectivity index (χ1) is 14.4. The second-order valence-corrected chi connectivity index (χ2v) is 7.49. The number of likely N-dealkylation sites (tertiary alicyclic amines) is 1. The molecule has 0 bridgehead atoms. The van der Waals surface area contributed by atoms with Crippen LogP contribution in [-0.2, 0) is 20.7 Å². The van der Waals surface area contributed by atoms with E-state index in [-0.39, 0.29) is 24.3 Å². The van der Waals surface area contributed by atoms with Crippen LogP contribution in [0.25, 0.3) is 0 Å². The highest BCUT2D eigenvalue weighted by Gasteiger charge is 2.28. The van der Waals surface area contributed by atoms with E-state index in [9.17, 15) is 9.59 Å². The van der Waals surface area contributed by atoms with Crippen molar-refractivity contribution < 1.29 is 19.1 Å². The molecule has 0 aliphatic carbocycles. The van der Waals surface area contributed by atoms with Crippen LogP contribution >= 0.6 is 0 Å². The Labute approximate surface area is 179 Å². The Morgan fingerprint density at radius 3 is 2.63 bits per heavy atom. The van der Waals surface area contributed by atoms with Crippen LogP contribution in [0.5, 0.6) is 5.75 Å². The normalized spacial score (nSPS) is 16.7. The van der Waals surface area contributed by atoms with Gasteiger partial charge in [-0.2, -0.15) is 0 Å². The standard InChI is InChI=1S/C22H34N4O4/c1-5-30-21(28)18-7-6-14-26(16-18)22(24-15-20(27)25(2)3)23-13-12-17-8-10-19(29-4)11-9-17/h8-11,18H,5-7,12-16H2,1-4H3,(H,23,24). The number of carbonyl (C=O) groups is 2. The summed E-state index contributed by atoms with van der Waals surface area (Å²) in [6, 6.07) is 7.94. The fourth-order valence-corrected chi connectivity index (χ4v) is 3.28. The minimum Gasteiger partial charge on any atom is -0.497 e. The van der Waals surface area contributed by atoms with Crippen molar-refractivity contribution >= 4 is 17.8 Å². The van der Waals surface area contributed by atoms with Crippen molar-refractivity contribution in [1.82, 2.24) is 15.1 Å². The second kappa shape index (κ2) is 12.0. The second-order valence-electron chi connectivity index (χ2n) is 7.49. The molecule has 1 aromatic carbocycles. The maximum absolute atomic E-state index is 12.2. The van der Waals surface area contributed by atoms with Gasteiger partial charge in [0.25, 0.3) is 0 Å². The van der Waals surface area contributed by atoms with E-state index in [4.69, 9.17) is 9.47 Å². The molecule has 8 heteroatoms. The summed E-state index contributed by atoms with van der Waals surface area (Å²) in [7, 11) is 5.08. The van der Waals surface area contributed by atoms with Crippen molar-refractivity contribution in [3.05, 3.63) is 29.8 Å². The Kier molecular flexibility index (Phi) is 9.44. The van der Waals surface area contributed by atoms with E-state index in [1.54, 1.807) is 21.2 Å². The number of hydrogen-bond acceptors (Lipinski definition) is 5. The van der Waals surface area contributed by atoms with Crippen LogP contribution in [0, 0.1) is 5.92 Å². The van der Waals surface area contributed by atoms with Crippen molar-refractivity contribution in [3.63, 3.8) is 0 Å². The first-order valence-corrected chi connectivity index (χ1v) is 10.5. The van der Waals surface area contributed by atoms with Crippen LogP contribution in [0.1, 0.15) is 25.3 Å². The van der Waals surface area contributed by atoms with Gasteiger partial charge in [0, 0.05) is 33.7 Å². The van der Waals surface area contributed by atoms with Gasteiger partial charge in [-0.05, 0) is 43.9 Å². The summed E-state index contributed by atoms with van der Waals surface area (Å²) in [6.07, 6.45) is 2.50. The highest BCUT2D eigenvalue weighted by molar-refractivity contribution is 5.85. The number of benzene rings is 1. The molecule has 0 aromatic heterocycles. The van der Waals surface area contributed by atoms with Gasteiger partial charge in [-0.25, -0.2) is 4.99 Å². The maximum atomic E-state index is 12.2. The molecular weight excluding hydrogens is 384 g/mol. The van der Waals surface area contributed by atoms with E-state index < -0.39 is 0 Å². The smallest absolute Gasteiger partial charge is 0.310 e. The van der Waals surface area contributed by atoms with Gasteiger partial charge in [0.05, 0.1) is 19.6 Å². The molecule has 1 aliphatic rings. The van der Waals surface area contributed by atoms with Crippen molar-refractivity contribution in [2.45, 2.75) is 26.2 Å². The summed E-state index contributed by atoms with van der Waals surface area (Å²) in [5.41, 5.74) is 1.18. The topological polar surface area (TPSA) is 83.5 Å². The number of rotatable bonds is 8. The molecule has 1 unspecified atom stereocenters. The van der Waals surface area contributed by atoms with Crippen LogP contribution in [0.4, 0.5) is 0 Å². The molecule has 1 aliphatic heterocycles. The predicted molar refractivity (Wildman–Crippen MR) is 117 cm³/mol. The van der Waals surface area contributed by atoms with Gasteiger partial charge < -0.3 is 24.6 Å². The average Bonchev–Trinajstić information content (AvgIpc) is 2.76. The number of carbonyl (C=O) groups excluding carboxylic acids is 2. The Balaban J connectivity index is 2.02. The number of hydrogen-bond donors (Lipinski definition) is 1. The van der Waals surface area contributed by atoms with Gasteiger partial charge in [0.1, 0.15) is 12.3 Å². The number of methoxy groups -OCH3 is 1. The Bertz CT molecular complexity index is 718. The third kappa shape index (κ3) is 7.24. The van der Waals surface area contributed by atoms with Gasteiger partial charge in [-0.1, -0.05) is 12.1 Å². The van der Waals surface area contributed by atoms with Crippen LogP contribution in [0.15, 0.2) is 29.3 Å². The molecule has 1 saturated heterocycles. The lowest BCUT2D eigenvalue weighted by Crippen LogP contribution is -2.49. The van der Waals surface area contributed by atoms with Crippen LogP contribution in [0.3, 0.4) is 0 Å². The summed E-state index contributed by atoms with van der Waals surface area (Å²) < 4.78 is 10.4. The van der Waals surface area contributed by atoms with Crippen molar-refractivity contribution in [2.24, 2.45) is 10.9 Å². The molecule has 166 valence electrons. The van der Waals surface area contributed by atoms with Crippen LogP contribution in [0.2, 0.25) is 0 Å². The fourth-order valence-electron chi connectivity index (χ4n) is 3.28. The highest BCUT2D eigenvalue weighted by atomic mass is 16.5. The average molecular weight is 419 g/mol. The van der Waals surface area contributed by atoms with Crippen molar-refractivity contribution in [2.75, 3.05) is 54.0 Å². The van der Waals surface area contributed by atoms with E-state index in [1.807, 2.05) is 31.2 Å². The lowest BCUT2D eigenvalue weighted by molar-refractivity contribution is -0.149. The monoisotopic (exact) mass is 418 g/mol. The molecule has 1 aromatic rings. The number of aliphatic imine (C=N–C) groups is 1. The summed E-state index contributed by atoms with van der Waals surface area (Å²) in [4.78, 5) is 32.3. The summed E-state index contributed by atoms with van der Waals surface area (Å²) in [5.74, 6) is 1.09. The zero-order valence-corrected chi connectivity index (χ0v) is 18.5. The summed E-state index contributed by atoms with van der Waals surface area (Å²) >= 11 is 0. The predicted octanol–water partition coefficient (Wildman–Crippen LogP) is 1.55.